The van der Waals surface area contributed by atoms with Gasteiger partial charge in [-0.1, -0.05) is 6.07 Å². The van der Waals surface area contributed by atoms with Gasteiger partial charge in [0.05, 0.1) is 0 Å². The van der Waals surface area contributed by atoms with E-state index in [1.54, 1.807) is 18.5 Å². The Bertz CT molecular complexity index is 767. The Morgan fingerprint density at radius 2 is 1.68 bits per heavy atom. The predicted octanol–water partition coefficient (Wildman–Crippen LogP) is 4.20. The van der Waals surface area contributed by atoms with Crippen LogP contribution in [-0.2, 0) is 5.41 Å². The summed E-state index contributed by atoms with van der Waals surface area (Å²) in [5.74, 6) is 3.10. The summed E-state index contributed by atoms with van der Waals surface area (Å²) in [5, 5.41) is 2.88. The molecule has 4 fully saturated rings. The number of aromatic nitrogens is 2. The fourth-order valence-electron chi connectivity index (χ4n) is 5.91. The molecule has 0 unspecified atom stereocenters. The number of carbonyl (C=O) groups is 1. The zero-order valence-corrected chi connectivity index (χ0v) is 14.3. The summed E-state index contributed by atoms with van der Waals surface area (Å²) < 4.78 is 0. The van der Waals surface area contributed by atoms with Crippen LogP contribution in [-0.4, -0.2) is 15.9 Å². The van der Waals surface area contributed by atoms with Gasteiger partial charge in [0.1, 0.15) is 5.82 Å². The number of nitrogens with one attached hydrogen (secondary N) is 1. The Labute approximate surface area is 148 Å². The van der Waals surface area contributed by atoms with E-state index < -0.39 is 0 Å². The molecule has 2 aromatic heterocycles. The first-order valence-electron chi connectivity index (χ1n) is 9.39. The van der Waals surface area contributed by atoms with Gasteiger partial charge in [0.2, 0.25) is 0 Å². The van der Waals surface area contributed by atoms with Crippen molar-refractivity contribution in [3.8, 4) is 0 Å². The molecule has 0 aliphatic heterocycles. The van der Waals surface area contributed by atoms with Crippen molar-refractivity contribution >= 4 is 11.7 Å². The van der Waals surface area contributed by atoms with Gasteiger partial charge in [-0.3, -0.25) is 9.78 Å². The Hall–Kier alpha value is -2.23. The summed E-state index contributed by atoms with van der Waals surface area (Å²) in [7, 11) is 0. The summed E-state index contributed by atoms with van der Waals surface area (Å²) in [6, 6.07) is 9.36. The molecule has 0 atom stereocenters. The van der Waals surface area contributed by atoms with Gasteiger partial charge >= 0.3 is 0 Å². The third kappa shape index (κ3) is 2.64. The van der Waals surface area contributed by atoms with Crippen molar-refractivity contribution in [3.63, 3.8) is 0 Å². The molecule has 6 rings (SSSR count). The molecule has 0 spiro atoms. The van der Waals surface area contributed by atoms with E-state index in [4.69, 9.17) is 4.98 Å². The highest BCUT2D eigenvalue weighted by molar-refractivity contribution is 6.03. The van der Waals surface area contributed by atoms with Crippen LogP contribution in [0.15, 0.2) is 42.7 Å². The topological polar surface area (TPSA) is 54.9 Å². The molecule has 2 heterocycles. The van der Waals surface area contributed by atoms with E-state index in [-0.39, 0.29) is 11.3 Å². The summed E-state index contributed by atoms with van der Waals surface area (Å²) >= 11 is 0. The van der Waals surface area contributed by atoms with Crippen LogP contribution in [0.5, 0.6) is 0 Å². The zero-order chi connectivity index (χ0) is 16.9. The smallest absolute Gasteiger partial charge is 0.256 e. The fourth-order valence-corrected chi connectivity index (χ4v) is 5.91. The molecule has 4 bridgehead atoms. The molecule has 25 heavy (non-hydrogen) atoms. The van der Waals surface area contributed by atoms with Crippen LogP contribution >= 0.6 is 0 Å². The second-order valence-electron chi connectivity index (χ2n) is 8.30. The first-order chi connectivity index (χ1) is 12.2. The molecule has 4 nitrogen and oxygen atoms in total. The number of amides is 1. The molecular weight excluding hydrogens is 310 g/mol. The highest BCUT2D eigenvalue weighted by atomic mass is 16.1. The Morgan fingerprint density at radius 1 is 0.960 bits per heavy atom. The van der Waals surface area contributed by atoms with Gasteiger partial charge in [0.15, 0.2) is 0 Å². The lowest BCUT2D eigenvalue weighted by atomic mass is 9.48. The standard InChI is InChI=1S/C21H23N3O/c25-20(24-19-3-1-2-5-23-19)17-4-6-22-18(10-17)21-11-14-7-15(12-21)9-16(8-14)13-21/h1-6,10,14-16H,7-9,11-13H2,(H,23,24,25). The lowest BCUT2D eigenvalue weighted by molar-refractivity contribution is -0.00721. The summed E-state index contributed by atoms with van der Waals surface area (Å²) in [4.78, 5) is 21.5. The van der Waals surface area contributed by atoms with Crippen LogP contribution in [0.25, 0.3) is 0 Å². The van der Waals surface area contributed by atoms with Crippen LogP contribution in [0, 0.1) is 17.8 Å². The first kappa shape index (κ1) is 15.1. The van der Waals surface area contributed by atoms with Crippen molar-refractivity contribution in [2.75, 3.05) is 5.32 Å². The average Bonchev–Trinajstić information content (AvgIpc) is 2.61. The predicted molar refractivity (Wildman–Crippen MR) is 96.3 cm³/mol. The van der Waals surface area contributed by atoms with Gasteiger partial charge in [-0.15, -0.1) is 0 Å². The summed E-state index contributed by atoms with van der Waals surface area (Å²) in [6.45, 7) is 0. The third-order valence-corrected chi connectivity index (χ3v) is 6.51. The minimum absolute atomic E-state index is 0.105. The van der Waals surface area contributed by atoms with Gasteiger partial charge in [-0.25, -0.2) is 4.98 Å². The van der Waals surface area contributed by atoms with Gasteiger partial charge in [-0.2, -0.15) is 0 Å². The maximum absolute atomic E-state index is 12.6. The maximum atomic E-state index is 12.6. The lowest BCUT2D eigenvalue weighted by Crippen LogP contribution is -2.49. The molecule has 128 valence electrons. The first-order valence-corrected chi connectivity index (χ1v) is 9.39. The molecule has 4 aliphatic carbocycles. The van der Waals surface area contributed by atoms with Crippen molar-refractivity contribution in [2.45, 2.75) is 43.9 Å². The minimum atomic E-state index is -0.105. The second-order valence-corrected chi connectivity index (χ2v) is 8.30. The van der Waals surface area contributed by atoms with Crippen molar-refractivity contribution in [3.05, 3.63) is 54.0 Å². The number of hydrogen-bond acceptors (Lipinski definition) is 3. The zero-order valence-electron chi connectivity index (χ0n) is 14.3. The van der Waals surface area contributed by atoms with Gasteiger partial charge in [-0.05, 0) is 80.5 Å². The number of anilines is 1. The van der Waals surface area contributed by atoms with E-state index in [9.17, 15) is 4.79 Å². The van der Waals surface area contributed by atoms with Gasteiger partial charge in [0, 0.05) is 29.1 Å². The Balaban J connectivity index is 1.42. The average molecular weight is 333 g/mol. The van der Waals surface area contributed by atoms with Crippen LogP contribution in [0.2, 0.25) is 0 Å². The van der Waals surface area contributed by atoms with Crippen LogP contribution in [0.3, 0.4) is 0 Å². The van der Waals surface area contributed by atoms with E-state index in [1.165, 1.54) is 38.5 Å². The number of rotatable bonds is 3. The molecule has 0 aromatic carbocycles. The summed E-state index contributed by atoms with van der Waals surface area (Å²) in [6.07, 6.45) is 11.5. The molecule has 4 saturated carbocycles. The largest absolute Gasteiger partial charge is 0.307 e. The van der Waals surface area contributed by atoms with E-state index in [0.717, 1.165) is 23.4 Å². The Kier molecular flexibility index (Phi) is 3.40. The lowest BCUT2D eigenvalue weighted by Gasteiger charge is -2.56. The molecule has 4 aliphatic rings. The van der Waals surface area contributed by atoms with Crippen LogP contribution in [0.1, 0.15) is 54.6 Å². The molecular formula is C21H23N3O. The molecule has 0 radical (unpaired) electrons. The van der Waals surface area contributed by atoms with Crippen molar-refractivity contribution in [1.29, 1.82) is 0 Å². The number of carbonyl (C=O) groups excluding carboxylic acids is 1. The van der Waals surface area contributed by atoms with E-state index >= 15 is 0 Å². The van der Waals surface area contributed by atoms with Crippen LogP contribution in [0.4, 0.5) is 5.82 Å². The van der Waals surface area contributed by atoms with Gasteiger partial charge < -0.3 is 5.32 Å². The summed E-state index contributed by atoms with van der Waals surface area (Å²) in [5.41, 5.74) is 2.04. The van der Waals surface area contributed by atoms with Gasteiger partial charge in [0.25, 0.3) is 5.91 Å². The highest BCUT2D eigenvalue weighted by Crippen LogP contribution is 2.60. The van der Waals surface area contributed by atoms with Crippen molar-refractivity contribution in [1.82, 2.24) is 9.97 Å². The van der Waals surface area contributed by atoms with E-state index in [1.807, 2.05) is 24.3 Å². The highest BCUT2D eigenvalue weighted by Gasteiger charge is 2.52. The maximum Gasteiger partial charge on any atom is 0.256 e. The Morgan fingerprint density at radius 3 is 2.32 bits per heavy atom. The van der Waals surface area contributed by atoms with Crippen molar-refractivity contribution in [2.24, 2.45) is 17.8 Å². The molecule has 0 saturated heterocycles. The molecule has 1 N–H and O–H groups in total. The second kappa shape index (κ2) is 5.65. The third-order valence-electron chi connectivity index (χ3n) is 6.51. The number of hydrogen-bond donors (Lipinski definition) is 1. The fraction of sp³-hybridized carbons (Fsp3) is 0.476. The molecule has 2 aromatic rings. The van der Waals surface area contributed by atoms with E-state index in [2.05, 4.69) is 10.3 Å². The quantitative estimate of drug-likeness (QED) is 0.916. The monoisotopic (exact) mass is 333 g/mol. The SMILES string of the molecule is O=C(Nc1ccccn1)c1ccnc(C23CC4CC(CC(C4)C2)C3)c1. The van der Waals surface area contributed by atoms with Crippen molar-refractivity contribution < 1.29 is 4.79 Å². The number of pyridine rings is 2. The van der Waals surface area contributed by atoms with Crippen LogP contribution < -0.4 is 5.32 Å². The number of nitrogens with zero attached hydrogens (tertiary/aromatic N) is 2. The van der Waals surface area contributed by atoms with E-state index in [0.29, 0.717) is 11.4 Å². The normalized spacial score (nSPS) is 32.6. The molecule has 4 heteroatoms. The minimum Gasteiger partial charge on any atom is -0.307 e. The molecule has 1 amide bonds.